The molecule has 0 radical (unpaired) electrons. The largest absolute Gasteiger partial charge is 0.481 e. The highest BCUT2D eigenvalue weighted by Crippen LogP contribution is 2.32. The molecule has 7 heterocycles. The van der Waals surface area contributed by atoms with E-state index in [-0.39, 0.29) is 71.7 Å². The second kappa shape index (κ2) is 46.7. The zero-order chi connectivity index (χ0) is 72.9. The molecule has 3 aliphatic heterocycles. The van der Waals surface area contributed by atoms with Gasteiger partial charge < -0.3 is 89.1 Å². The quantitative estimate of drug-likeness (QED) is 0.0172. The number of aryl methyl sites for hydroxylation is 2. The van der Waals surface area contributed by atoms with E-state index in [1.165, 1.54) is 5.69 Å². The van der Waals surface area contributed by atoms with Crippen molar-refractivity contribution in [2.24, 2.45) is 0 Å². The number of piperazine rings is 2. The zero-order valence-electron chi connectivity index (χ0n) is 60.1. The Hall–Kier alpha value is -7.98. The molecule has 31 nitrogen and oxygen atoms in total. The molecule has 0 unspecified atom stereocenters. The van der Waals surface area contributed by atoms with Gasteiger partial charge >= 0.3 is 17.9 Å². The molecule has 3 amide bonds. The number of unbranched alkanes of at least 4 members (excludes halogenated alkanes) is 4. The Balaban J connectivity index is 0.000000266. The number of H-pyrrole nitrogens is 2. The van der Waals surface area contributed by atoms with Gasteiger partial charge in [0.1, 0.15) is 45.4 Å². The number of carbonyl (C=O) groups excluding carboxylic acids is 4. The van der Waals surface area contributed by atoms with Crippen molar-refractivity contribution in [3.05, 3.63) is 48.0 Å². The third kappa shape index (κ3) is 28.5. The topological polar surface area (TPSA) is 381 Å². The maximum atomic E-state index is 12.8. The molecule has 9 rings (SSSR count). The van der Waals surface area contributed by atoms with Gasteiger partial charge in [0.15, 0.2) is 0 Å². The summed E-state index contributed by atoms with van der Waals surface area (Å²) in [5, 5.41) is 20.0. The number of pyridine rings is 2. The van der Waals surface area contributed by atoms with Crippen molar-refractivity contribution < 1.29 is 81.7 Å². The van der Waals surface area contributed by atoms with E-state index >= 15 is 0 Å². The predicted octanol–water partition coefficient (Wildman–Crippen LogP) is 6.67. The van der Waals surface area contributed by atoms with E-state index in [1.807, 2.05) is 6.07 Å². The number of carboxylic acids is 2. The van der Waals surface area contributed by atoms with Crippen molar-refractivity contribution in [2.75, 3.05) is 207 Å². The number of anilines is 4. The summed E-state index contributed by atoms with van der Waals surface area (Å²) in [7, 11) is 3.14. The first-order valence-electron chi connectivity index (χ1n) is 35.9. The SMILES string of the molecule is C.CCCCc1nc2c([nH]1)c(N)nc1ccc(N3CCN(CCOCCCCCOCCC(=O)O)CC3)cc12.CCCCc1nc2c([nH]1)c(N)nc1ccc(N3CCN(CCOCCN(CCOCCC(=O)O)C(=O)CCOCCOC)CC3)cc12.COCCOCCC(=O)ON1C(=O)CCC1=O. The van der Waals surface area contributed by atoms with E-state index in [4.69, 9.17) is 69.5 Å². The highest BCUT2D eigenvalue weighted by molar-refractivity contribution is 6.08. The second-order valence-corrected chi connectivity index (χ2v) is 25.0. The number of imide groups is 1. The Kier molecular flexibility index (Phi) is 38.0. The number of carboxylic acid groups (broad SMARTS) is 2. The smallest absolute Gasteiger partial charge is 0.335 e. The first-order chi connectivity index (χ1) is 49.6. The number of nitrogen functional groups attached to an aromatic ring is 2. The highest BCUT2D eigenvalue weighted by atomic mass is 16.7. The van der Waals surface area contributed by atoms with Crippen LogP contribution in [0.4, 0.5) is 23.0 Å². The lowest BCUT2D eigenvalue weighted by molar-refractivity contribution is -0.198. The number of methoxy groups -OCH3 is 2. The number of hydroxylamine groups is 2. The molecule has 0 aliphatic carbocycles. The van der Waals surface area contributed by atoms with E-state index in [1.54, 1.807) is 19.1 Å². The molecule has 0 bridgehead atoms. The molecule has 3 saturated heterocycles. The van der Waals surface area contributed by atoms with Gasteiger partial charge in [-0.15, -0.1) is 5.06 Å². The van der Waals surface area contributed by atoms with E-state index in [0.29, 0.717) is 89.3 Å². The Morgan fingerprint density at radius 3 is 1.37 bits per heavy atom. The van der Waals surface area contributed by atoms with E-state index in [2.05, 4.69) is 88.6 Å². The maximum absolute atomic E-state index is 12.8. The van der Waals surface area contributed by atoms with Gasteiger partial charge in [-0.1, -0.05) is 34.1 Å². The van der Waals surface area contributed by atoms with E-state index in [0.717, 1.165) is 198 Å². The fourth-order valence-corrected chi connectivity index (χ4v) is 11.6. The lowest BCUT2D eigenvalue weighted by atomic mass is 10.1. The zero-order valence-corrected chi connectivity index (χ0v) is 60.1. The number of aliphatic carboxylic acids is 2. The number of hydrogen-bond donors (Lipinski definition) is 6. The predicted molar refractivity (Wildman–Crippen MR) is 393 cm³/mol. The number of amides is 3. The van der Waals surface area contributed by atoms with E-state index < -0.39 is 29.7 Å². The summed E-state index contributed by atoms with van der Waals surface area (Å²) in [6.45, 7) is 20.5. The monoisotopic (exact) mass is 1440 g/mol. The van der Waals surface area contributed by atoms with Crippen LogP contribution in [-0.4, -0.2) is 281 Å². The molecule has 0 atom stereocenters. The Bertz CT molecular complexity index is 3530. The molecule has 572 valence electrons. The third-order valence-corrected chi connectivity index (χ3v) is 17.4. The number of imidazole rings is 2. The fraction of sp³-hybridized carbons (Fsp3) is 0.639. The van der Waals surface area contributed by atoms with Crippen LogP contribution in [0.3, 0.4) is 0 Å². The molecule has 3 fully saturated rings. The van der Waals surface area contributed by atoms with Gasteiger partial charge in [0, 0.05) is 154 Å². The summed E-state index contributed by atoms with van der Waals surface area (Å²) >= 11 is 0. The number of aromatic nitrogens is 6. The molecule has 3 aliphatic rings. The minimum atomic E-state index is -0.912. The van der Waals surface area contributed by atoms with Crippen LogP contribution in [0, 0.1) is 0 Å². The number of aromatic amines is 2. The number of benzene rings is 2. The van der Waals surface area contributed by atoms with Crippen LogP contribution in [0.15, 0.2) is 36.4 Å². The number of fused-ring (bicyclic) bond motifs is 6. The third-order valence-electron chi connectivity index (χ3n) is 17.4. The number of nitrogens with one attached hydrogen (secondary N) is 2. The van der Waals surface area contributed by atoms with Crippen molar-refractivity contribution in [3.8, 4) is 0 Å². The van der Waals surface area contributed by atoms with Crippen LogP contribution in [0.5, 0.6) is 0 Å². The molecule has 8 N–H and O–H groups in total. The van der Waals surface area contributed by atoms with Gasteiger partial charge in [-0.3, -0.25) is 33.8 Å². The summed E-state index contributed by atoms with van der Waals surface area (Å²) in [6, 6.07) is 12.7. The number of hydrogen-bond acceptors (Lipinski definition) is 25. The molecule has 0 saturated carbocycles. The van der Waals surface area contributed by atoms with Crippen LogP contribution in [0.25, 0.3) is 43.9 Å². The van der Waals surface area contributed by atoms with Crippen LogP contribution < -0.4 is 21.3 Å². The Labute approximate surface area is 603 Å². The van der Waals surface area contributed by atoms with Crippen molar-refractivity contribution in [1.29, 1.82) is 0 Å². The number of ether oxygens (including phenoxy) is 8. The lowest BCUT2D eigenvalue weighted by Gasteiger charge is -2.36. The van der Waals surface area contributed by atoms with Crippen LogP contribution >= 0.6 is 0 Å². The first kappa shape index (κ1) is 84.0. The van der Waals surface area contributed by atoms with Gasteiger partial charge in [-0.25, -0.2) is 24.7 Å². The summed E-state index contributed by atoms with van der Waals surface area (Å²) in [4.78, 5) is 109. The normalized spacial score (nSPS) is 14.3. The number of nitrogens with zero attached hydrogens (tertiary/aromatic N) is 10. The van der Waals surface area contributed by atoms with Gasteiger partial charge in [-0.05, 0) is 68.5 Å². The number of nitrogens with two attached hydrogens (primary N) is 2. The highest BCUT2D eigenvalue weighted by Gasteiger charge is 2.33. The average molecular weight is 1450 g/mol. The minimum Gasteiger partial charge on any atom is -0.481 e. The minimum absolute atomic E-state index is 0. The van der Waals surface area contributed by atoms with Crippen molar-refractivity contribution in [1.82, 2.24) is 49.7 Å². The molecular formula is C72H112N14O17. The summed E-state index contributed by atoms with van der Waals surface area (Å²) in [6.07, 6.45) is 9.61. The maximum Gasteiger partial charge on any atom is 0.335 e. The van der Waals surface area contributed by atoms with Crippen LogP contribution in [0.2, 0.25) is 0 Å². The van der Waals surface area contributed by atoms with Gasteiger partial charge in [0.2, 0.25) is 5.91 Å². The fourth-order valence-electron chi connectivity index (χ4n) is 11.6. The average Bonchev–Trinajstić information content (AvgIpc) is 1.69. The van der Waals surface area contributed by atoms with Gasteiger partial charge in [0.05, 0.1) is 116 Å². The van der Waals surface area contributed by atoms with Crippen LogP contribution in [0.1, 0.15) is 116 Å². The Morgan fingerprint density at radius 1 is 0.505 bits per heavy atom. The first-order valence-corrected chi connectivity index (χ1v) is 35.9. The summed E-state index contributed by atoms with van der Waals surface area (Å²) < 4.78 is 42.7. The number of rotatable bonds is 45. The van der Waals surface area contributed by atoms with Gasteiger partial charge in [-0.2, -0.15) is 0 Å². The molecule has 4 aromatic heterocycles. The van der Waals surface area contributed by atoms with Crippen molar-refractivity contribution >= 4 is 103 Å². The molecule has 6 aromatic rings. The molecule has 103 heavy (non-hydrogen) atoms. The molecular weight excluding hydrogens is 1330 g/mol. The van der Waals surface area contributed by atoms with Crippen molar-refractivity contribution in [3.63, 3.8) is 0 Å². The molecule has 0 spiro atoms. The summed E-state index contributed by atoms with van der Waals surface area (Å²) in [5.41, 5.74) is 20.0. The standard InChI is InChI=1S/C33H51N7O7.C28H42N6O4.C10H15NO6.CH4/c1-3-4-5-28-36-31-26-24-25(6-7-27(26)35-33(34)32(31)37-28)39-12-10-38(11-13-39)14-19-47-21-16-40(15-20-45-18-9-30(42)43)29(41)8-17-46-23-22-44-2;1-2-3-7-24-31-26-22-20-21(8-9-23(22)30-28(29)27(26)32-24)34-13-11-33(12-14-34)15-19-38-17-6-4-5-16-37-18-10-25(35)36;1-15-6-7-16-5-4-10(14)17-11-8(12)2-3-9(11)13;/h6-7,24H,3-5,8-23H2,1-2H3,(H2,34,35)(H,36,37)(H,42,43);8-9,20H,2-7,10-19H2,1H3,(H2,29,30)(H,31,32)(H,35,36);2-7H2,1H3;1H4. The summed E-state index contributed by atoms with van der Waals surface area (Å²) in [5.74, 6) is -0.488. The molecule has 2 aromatic carbocycles. The van der Waals surface area contributed by atoms with E-state index in [9.17, 15) is 28.8 Å². The second-order valence-electron chi connectivity index (χ2n) is 25.0. The van der Waals surface area contributed by atoms with Gasteiger partial charge in [0.25, 0.3) is 11.8 Å². The number of carbonyl (C=O) groups is 6. The van der Waals surface area contributed by atoms with Crippen LogP contribution in [-0.2, 0) is 84.3 Å². The lowest BCUT2D eigenvalue weighted by Crippen LogP contribution is -2.47. The molecule has 31 heteroatoms. The van der Waals surface area contributed by atoms with Crippen molar-refractivity contribution in [2.45, 2.75) is 118 Å². The Morgan fingerprint density at radius 2 is 0.922 bits per heavy atom.